The van der Waals surface area contributed by atoms with Crippen LogP contribution in [-0.2, 0) is 0 Å². The molecule has 0 spiro atoms. The van der Waals surface area contributed by atoms with Crippen molar-refractivity contribution in [3.8, 4) is 0 Å². The molecule has 1 nitrogen and oxygen atoms in total. The van der Waals surface area contributed by atoms with Crippen molar-refractivity contribution in [2.45, 2.75) is 19.4 Å². The van der Waals surface area contributed by atoms with Gasteiger partial charge in [-0.1, -0.05) is 52.1 Å². The quantitative estimate of drug-likeness (QED) is 0.538. The van der Waals surface area contributed by atoms with E-state index in [0.717, 1.165) is 26.6 Å². The third-order valence-electron chi connectivity index (χ3n) is 3.00. The van der Waals surface area contributed by atoms with Crippen LogP contribution in [0, 0.1) is 0 Å². The van der Waals surface area contributed by atoms with Crippen LogP contribution in [0.4, 0.5) is 5.69 Å². The first-order valence-electron chi connectivity index (χ1n) is 6.17. The Morgan fingerprint density at radius 3 is 2.50 bits per heavy atom. The van der Waals surface area contributed by atoms with E-state index in [1.807, 2.05) is 30.3 Å². The molecule has 0 bridgehead atoms. The molecule has 106 valence electrons. The molecule has 5 heteroatoms. The highest BCUT2D eigenvalue weighted by atomic mass is 79.9. The van der Waals surface area contributed by atoms with Crippen LogP contribution in [0.2, 0.25) is 10.0 Å². The van der Waals surface area contributed by atoms with Crippen LogP contribution in [0.5, 0.6) is 0 Å². The van der Waals surface area contributed by atoms with E-state index in [9.17, 15) is 0 Å². The highest BCUT2D eigenvalue weighted by Crippen LogP contribution is 2.34. The summed E-state index contributed by atoms with van der Waals surface area (Å²) in [7, 11) is 0. The standard InChI is InChI=1S/C15H13Br2Cl2N/c1-2-14(11-5-4-10(18)8-13(11)19)20-15-7-9(16)3-6-12(15)17/h3-8,14,20H,2H2,1H3. The van der Waals surface area contributed by atoms with E-state index in [-0.39, 0.29) is 6.04 Å². The van der Waals surface area contributed by atoms with Gasteiger partial charge in [-0.15, -0.1) is 0 Å². The van der Waals surface area contributed by atoms with E-state index >= 15 is 0 Å². The molecule has 0 aliphatic heterocycles. The second-order valence-electron chi connectivity index (χ2n) is 4.40. The predicted molar refractivity (Wildman–Crippen MR) is 95.0 cm³/mol. The lowest BCUT2D eigenvalue weighted by molar-refractivity contribution is 0.749. The fraction of sp³-hybridized carbons (Fsp3) is 0.200. The molecule has 1 unspecified atom stereocenters. The van der Waals surface area contributed by atoms with Gasteiger partial charge in [0.2, 0.25) is 0 Å². The van der Waals surface area contributed by atoms with Crippen molar-refractivity contribution in [2.75, 3.05) is 5.32 Å². The van der Waals surface area contributed by atoms with Crippen molar-refractivity contribution in [2.24, 2.45) is 0 Å². The molecule has 1 N–H and O–H groups in total. The second kappa shape index (κ2) is 7.17. The Hall–Kier alpha value is -0.220. The first-order chi connectivity index (χ1) is 9.51. The Kier molecular flexibility index (Phi) is 5.79. The average molecular weight is 438 g/mol. The van der Waals surface area contributed by atoms with E-state index in [1.54, 1.807) is 6.07 Å². The fourth-order valence-electron chi connectivity index (χ4n) is 1.98. The first-order valence-corrected chi connectivity index (χ1v) is 8.52. The second-order valence-corrected chi connectivity index (χ2v) is 7.01. The topological polar surface area (TPSA) is 12.0 Å². The summed E-state index contributed by atoms with van der Waals surface area (Å²) in [5.41, 5.74) is 2.07. The Balaban J connectivity index is 2.31. The molecule has 2 aromatic rings. The van der Waals surface area contributed by atoms with E-state index in [1.165, 1.54) is 0 Å². The summed E-state index contributed by atoms with van der Waals surface area (Å²) in [6, 6.07) is 11.8. The van der Waals surface area contributed by atoms with Gasteiger partial charge >= 0.3 is 0 Å². The van der Waals surface area contributed by atoms with Crippen molar-refractivity contribution in [3.63, 3.8) is 0 Å². The average Bonchev–Trinajstić information content (AvgIpc) is 2.40. The van der Waals surface area contributed by atoms with Gasteiger partial charge in [0.25, 0.3) is 0 Å². The van der Waals surface area contributed by atoms with Gasteiger partial charge in [-0.05, 0) is 58.2 Å². The third-order valence-corrected chi connectivity index (χ3v) is 4.75. The van der Waals surface area contributed by atoms with Crippen molar-refractivity contribution in [1.29, 1.82) is 0 Å². The molecule has 0 saturated heterocycles. The maximum Gasteiger partial charge on any atom is 0.0526 e. The van der Waals surface area contributed by atoms with Gasteiger partial charge in [0.1, 0.15) is 0 Å². The minimum Gasteiger partial charge on any atom is -0.377 e. The zero-order chi connectivity index (χ0) is 14.7. The van der Waals surface area contributed by atoms with Gasteiger partial charge in [-0.3, -0.25) is 0 Å². The molecule has 2 rings (SSSR count). The minimum absolute atomic E-state index is 0.130. The van der Waals surface area contributed by atoms with E-state index in [0.29, 0.717) is 10.0 Å². The number of hydrogen-bond donors (Lipinski definition) is 1. The molecule has 20 heavy (non-hydrogen) atoms. The van der Waals surface area contributed by atoms with Gasteiger partial charge < -0.3 is 5.32 Å². The van der Waals surface area contributed by atoms with Crippen LogP contribution in [0.1, 0.15) is 24.9 Å². The monoisotopic (exact) mass is 435 g/mol. The molecule has 0 aromatic heterocycles. The predicted octanol–water partition coefficient (Wildman–Crippen LogP) is 7.08. The lowest BCUT2D eigenvalue weighted by atomic mass is 10.0. The Labute approximate surface area is 145 Å². The summed E-state index contributed by atoms with van der Waals surface area (Å²) in [4.78, 5) is 0. The number of rotatable bonds is 4. The lowest BCUT2D eigenvalue weighted by Gasteiger charge is -2.21. The number of halogens is 4. The molecule has 0 saturated carbocycles. The van der Waals surface area contributed by atoms with Crippen LogP contribution < -0.4 is 5.32 Å². The molecule has 0 fully saturated rings. The van der Waals surface area contributed by atoms with Crippen LogP contribution in [0.15, 0.2) is 45.3 Å². The van der Waals surface area contributed by atoms with Crippen LogP contribution in [-0.4, -0.2) is 0 Å². The molecular formula is C15H13Br2Cl2N. The maximum atomic E-state index is 6.29. The maximum absolute atomic E-state index is 6.29. The van der Waals surface area contributed by atoms with Crippen molar-refractivity contribution < 1.29 is 0 Å². The highest BCUT2D eigenvalue weighted by molar-refractivity contribution is 9.11. The van der Waals surface area contributed by atoms with Crippen molar-refractivity contribution >= 4 is 60.7 Å². The molecule has 0 heterocycles. The summed E-state index contributed by atoms with van der Waals surface area (Å²) in [6.45, 7) is 2.12. The summed E-state index contributed by atoms with van der Waals surface area (Å²) in [5.74, 6) is 0. The Morgan fingerprint density at radius 2 is 1.85 bits per heavy atom. The molecule has 0 aliphatic carbocycles. The summed E-state index contributed by atoms with van der Waals surface area (Å²) >= 11 is 19.3. The van der Waals surface area contributed by atoms with E-state index in [2.05, 4.69) is 44.1 Å². The fourth-order valence-corrected chi connectivity index (χ4v) is 3.24. The molecule has 0 radical (unpaired) electrons. The zero-order valence-electron chi connectivity index (χ0n) is 10.8. The number of nitrogens with one attached hydrogen (secondary N) is 1. The van der Waals surface area contributed by atoms with Gasteiger partial charge in [-0.2, -0.15) is 0 Å². The molecule has 0 aliphatic rings. The zero-order valence-corrected chi connectivity index (χ0v) is 15.4. The summed E-state index contributed by atoms with van der Waals surface area (Å²) < 4.78 is 2.05. The third kappa shape index (κ3) is 3.91. The van der Waals surface area contributed by atoms with Crippen molar-refractivity contribution in [3.05, 3.63) is 61.0 Å². The molecular weight excluding hydrogens is 425 g/mol. The molecule has 2 aromatic carbocycles. The number of hydrogen-bond acceptors (Lipinski definition) is 1. The minimum atomic E-state index is 0.130. The SMILES string of the molecule is CCC(Nc1cc(Br)ccc1Br)c1ccc(Cl)cc1Cl. The van der Waals surface area contributed by atoms with Crippen LogP contribution in [0.25, 0.3) is 0 Å². The normalized spacial score (nSPS) is 12.2. The lowest BCUT2D eigenvalue weighted by Crippen LogP contribution is -2.10. The molecule has 1 atom stereocenters. The van der Waals surface area contributed by atoms with Gasteiger partial charge in [0.15, 0.2) is 0 Å². The van der Waals surface area contributed by atoms with Crippen LogP contribution in [0.3, 0.4) is 0 Å². The number of benzene rings is 2. The van der Waals surface area contributed by atoms with Gasteiger partial charge in [0, 0.05) is 19.0 Å². The smallest absolute Gasteiger partial charge is 0.0526 e. The van der Waals surface area contributed by atoms with E-state index < -0.39 is 0 Å². The summed E-state index contributed by atoms with van der Waals surface area (Å²) in [6.07, 6.45) is 0.917. The Bertz CT molecular complexity index is 617. The Morgan fingerprint density at radius 1 is 1.10 bits per heavy atom. The largest absolute Gasteiger partial charge is 0.377 e. The highest BCUT2D eigenvalue weighted by Gasteiger charge is 2.14. The van der Waals surface area contributed by atoms with Crippen molar-refractivity contribution in [1.82, 2.24) is 0 Å². The number of anilines is 1. The van der Waals surface area contributed by atoms with Crippen LogP contribution >= 0.6 is 55.1 Å². The summed E-state index contributed by atoms with van der Waals surface area (Å²) in [5, 5.41) is 4.84. The van der Waals surface area contributed by atoms with E-state index in [4.69, 9.17) is 23.2 Å². The molecule has 0 amide bonds. The first kappa shape index (κ1) is 16.2. The van der Waals surface area contributed by atoms with Gasteiger partial charge in [0.05, 0.1) is 11.7 Å². The van der Waals surface area contributed by atoms with Gasteiger partial charge in [-0.25, -0.2) is 0 Å².